The van der Waals surface area contributed by atoms with Crippen molar-refractivity contribution in [1.82, 2.24) is 10.3 Å². The van der Waals surface area contributed by atoms with E-state index in [2.05, 4.69) is 35.3 Å². The standard InChI is InChI=1S/C30H47N3O6Si/c1-19(2)16-23(33-29(36)39-30(5,6)7)27(34)32-22-13-11-12-21-25(38-18-20(3)4)17-24(31-26(21)22)28(35)37-14-15-40(8,9)10/h11-13,17,19-20,23H,14-16,18H2,1-10H3,(H,32,34)(H,33,36)/t23-/m0/s1. The van der Waals surface area contributed by atoms with Gasteiger partial charge in [-0.1, -0.05) is 53.4 Å². The zero-order chi connectivity index (χ0) is 30.3. The number of hydrogen-bond donors (Lipinski definition) is 2. The van der Waals surface area contributed by atoms with E-state index in [9.17, 15) is 14.4 Å². The first-order valence-corrected chi connectivity index (χ1v) is 17.7. The van der Waals surface area contributed by atoms with Crippen LogP contribution in [-0.2, 0) is 14.3 Å². The zero-order valence-corrected chi connectivity index (χ0v) is 26.8. The second-order valence-electron chi connectivity index (χ2n) is 13.2. The van der Waals surface area contributed by atoms with Gasteiger partial charge in [0.15, 0.2) is 5.69 Å². The molecule has 0 aliphatic rings. The number of carbonyl (C=O) groups excluding carboxylic acids is 3. The highest BCUT2D eigenvalue weighted by molar-refractivity contribution is 6.76. The second-order valence-corrected chi connectivity index (χ2v) is 18.8. The number of nitrogens with one attached hydrogen (secondary N) is 2. The molecular weight excluding hydrogens is 526 g/mol. The van der Waals surface area contributed by atoms with Crippen LogP contribution in [-0.4, -0.2) is 55.9 Å². The van der Waals surface area contributed by atoms with Gasteiger partial charge in [-0.25, -0.2) is 14.6 Å². The summed E-state index contributed by atoms with van der Waals surface area (Å²) in [5.41, 5.74) is 0.201. The van der Waals surface area contributed by atoms with Crippen molar-refractivity contribution >= 4 is 42.6 Å². The Morgan fingerprint density at radius 2 is 1.70 bits per heavy atom. The van der Waals surface area contributed by atoms with Gasteiger partial charge in [-0.2, -0.15) is 0 Å². The highest BCUT2D eigenvalue weighted by Gasteiger charge is 2.26. The van der Waals surface area contributed by atoms with Gasteiger partial charge in [0.1, 0.15) is 17.4 Å². The number of esters is 1. The Balaban J connectivity index is 2.43. The van der Waals surface area contributed by atoms with Crippen molar-refractivity contribution in [2.45, 2.75) is 92.2 Å². The molecule has 2 amide bonds. The first-order valence-electron chi connectivity index (χ1n) is 14.0. The molecule has 0 aliphatic carbocycles. The molecule has 0 radical (unpaired) electrons. The Hall–Kier alpha value is -3.14. The largest absolute Gasteiger partial charge is 0.493 e. The summed E-state index contributed by atoms with van der Waals surface area (Å²) < 4.78 is 17.0. The van der Waals surface area contributed by atoms with Gasteiger partial charge in [0.05, 0.1) is 24.4 Å². The van der Waals surface area contributed by atoms with Gasteiger partial charge >= 0.3 is 12.1 Å². The molecule has 0 saturated heterocycles. The summed E-state index contributed by atoms with van der Waals surface area (Å²) in [5, 5.41) is 6.25. The van der Waals surface area contributed by atoms with Crippen LogP contribution in [0.15, 0.2) is 24.3 Å². The van der Waals surface area contributed by atoms with Crippen molar-refractivity contribution in [3.05, 3.63) is 30.0 Å². The maximum atomic E-state index is 13.4. The number of hydrogen-bond acceptors (Lipinski definition) is 7. The lowest BCUT2D eigenvalue weighted by Gasteiger charge is -2.24. The topological polar surface area (TPSA) is 116 Å². The van der Waals surface area contributed by atoms with Crippen molar-refractivity contribution in [2.24, 2.45) is 11.8 Å². The summed E-state index contributed by atoms with van der Waals surface area (Å²) >= 11 is 0. The van der Waals surface area contributed by atoms with Crippen LogP contribution in [0.4, 0.5) is 10.5 Å². The molecule has 10 heteroatoms. The van der Waals surface area contributed by atoms with Crippen LogP contribution in [0.25, 0.3) is 10.9 Å². The Labute approximate surface area is 239 Å². The number of carbonyl (C=O) groups is 3. The molecule has 0 unspecified atom stereocenters. The van der Waals surface area contributed by atoms with Crippen LogP contribution in [0.1, 0.15) is 65.4 Å². The van der Waals surface area contributed by atoms with Gasteiger partial charge in [0.25, 0.3) is 0 Å². The third-order valence-corrected chi connectivity index (χ3v) is 7.34. The molecule has 2 N–H and O–H groups in total. The van der Waals surface area contributed by atoms with Gasteiger partial charge in [-0.3, -0.25) is 4.79 Å². The van der Waals surface area contributed by atoms with Gasteiger partial charge in [-0.05, 0) is 57.2 Å². The van der Waals surface area contributed by atoms with Gasteiger partial charge in [0, 0.05) is 19.5 Å². The number of alkyl carbamates (subject to hydrolysis) is 1. The fraction of sp³-hybridized carbons (Fsp3) is 0.600. The van der Waals surface area contributed by atoms with Gasteiger partial charge < -0.3 is 24.8 Å². The van der Waals surface area contributed by atoms with E-state index in [-0.39, 0.29) is 17.5 Å². The molecule has 9 nitrogen and oxygen atoms in total. The minimum atomic E-state index is -1.39. The molecule has 222 valence electrons. The van der Waals surface area contributed by atoms with Crippen LogP contribution in [0.5, 0.6) is 5.75 Å². The number of ether oxygens (including phenoxy) is 3. The van der Waals surface area contributed by atoms with E-state index < -0.39 is 37.7 Å². The van der Waals surface area contributed by atoms with E-state index in [1.807, 2.05) is 33.8 Å². The summed E-state index contributed by atoms with van der Waals surface area (Å²) in [6.07, 6.45) is -0.266. The van der Waals surface area contributed by atoms with Crippen molar-refractivity contribution in [3.8, 4) is 5.75 Å². The fourth-order valence-corrected chi connectivity index (χ4v) is 4.41. The number of rotatable bonds is 12. The zero-order valence-electron chi connectivity index (χ0n) is 25.8. The van der Waals surface area contributed by atoms with E-state index in [4.69, 9.17) is 14.2 Å². The molecule has 1 aromatic carbocycles. The number of amides is 2. The quantitative estimate of drug-likeness (QED) is 0.216. The molecule has 0 aliphatic heterocycles. The number of nitrogens with zero attached hydrogens (tertiary/aromatic N) is 1. The lowest BCUT2D eigenvalue weighted by Crippen LogP contribution is -2.46. The number of pyridine rings is 1. The van der Waals surface area contributed by atoms with E-state index >= 15 is 0 Å². The van der Waals surface area contributed by atoms with Crippen LogP contribution >= 0.6 is 0 Å². The molecule has 1 atom stereocenters. The summed E-state index contributed by atoms with van der Waals surface area (Å²) in [6, 6.07) is 6.92. The van der Waals surface area contributed by atoms with Crippen molar-refractivity contribution in [3.63, 3.8) is 0 Å². The Bertz CT molecular complexity index is 1180. The number of para-hydroxylation sites is 1. The number of fused-ring (bicyclic) bond motifs is 1. The summed E-state index contributed by atoms with van der Waals surface area (Å²) in [6.45, 7) is 20.7. The monoisotopic (exact) mass is 573 g/mol. The maximum Gasteiger partial charge on any atom is 0.408 e. The van der Waals surface area contributed by atoms with Crippen molar-refractivity contribution < 1.29 is 28.6 Å². The first-order chi connectivity index (χ1) is 18.4. The van der Waals surface area contributed by atoms with Crippen LogP contribution in [0.3, 0.4) is 0 Å². The maximum absolute atomic E-state index is 13.4. The predicted molar refractivity (Wildman–Crippen MR) is 162 cm³/mol. The Morgan fingerprint density at radius 3 is 2.27 bits per heavy atom. The number of benzene rings is 1. The summed E-state index contributed by atoms with van der Waals surface area (Å²) in [7, 11) is -1.39. The summed E-state index contributed by atoms with van der Waals surface area (Å²) in [5.74, 6) is -0.0852. The van der Waals surface area contributed by atoms with Crippen LogP contribution in [0, 0.1) is 11.8 Å². The fourth-order valence-electron chi connectivity index (χ4n) is 3.70. The molecule has 0 bridgehead atoms. The molecule has 0 fully saturated rings. The molecule has 0 spiro atoms. The average molecular weight is 574 g/mol. The Kier molecular flexibility index (Phi) is 11.5. The lowest BCUT2D eigenvalue weighted by atomic mass is 10.0. The van der Waals surface area contributed by atoms with Gasteiger partial charge in [0.2, 0.25) is 5.91 Å². The molecule has 2 rings (SSSR count). The summed E-state index contributed by atoms with van der Waals surface area (Å²) in [4.78, 5) is 43.5. The third kappa shape index (κ3) is 11.2. The van der Waals surface area contributed by atoms with Crippen molar-refractivity contribution in [1.29, 1.82) is 0 Å². The van der Waals surface area contributed by atoms with E-state index in [0.29, 0.717) is 42.0 Å². The molecule has 40 heavy (non-hydrogen) atoms. The predicted octanol–water partition coefficient (Wildman–Crippen LogP) is 6.64. The lowest BCUT2D eigenvalue weighted by molar-refractivity contribution is -0.118. The molecule has 2 aromatic rings. The second kappa shape index (κ2) is 14.0. The highest BCUT2D eigenvalue weighted by atomic mass is 28.3. The normalized spacial score (nSPS) is 12.8. The van der Waals surface area contributed by atoms with Crippen LogP contribution in [0.2, 0.25) is 25.7 Å². The molecule has 1 heterocycles. The minimum Gasteiger partial charge on any atom is -0.493 e. The van der Waals surface area contributed by atoms with Crippen molar-refractivity contribution in [2.75, 3.05) is 18.5 Å². The average Bonchev–Trinajstić information content (AvgIpc) is 2.79. The minimum absolute atomic E-state index is 0.106. The highest BCUT2D eigenvalue weighted by Crippen LogP contribution is 2.31. The van der Waals surface area contributed by atoms with E-state index in [0.717, 1.165) is 6.04 Å². The SMILES string of the molecule is CC(C)COc1cc(C(=O)OCC[Si](C)(C)C)nc2c(NC(=O)[C@H](CC(C)C)NC(=O)OC(C)(C)C)cccc12. The van der Waals surface area contributed by atoms with Crippen LogP contribution < -0.4 is 15.4 Å². The first kappa shape index (κ1) is 33.1. The molecule has 1 aromatic heterocycles. The smallest absolute Gasteiger partial charge is 0.408 e. The number of anilines is 1. The molecular formula is C30H47N3O6Si. The van der Waals surface area contributed by atoms with Gasteiger partial charge in [-0.15, -0.1) is 0 Å². The number of aromatic nitrogens is 1. The molecule has 0 saturated carbocycles. The van der Waals surface area contributed by atoms with E-state index in [1.54, 1.807) is 39.0 Å². The Morgan fingerprint density at radius 1 is 1.02 bits per heavy atom. The van der Waals surface area contributed by atoms with E-state index in [1.165, 1.54) is 0 Å². The third-order valence-electron chi connectivity index (χ3n) is 5.64.